The lowest BCUT2D eigenvalue weighted by Crippen LogP contribution is -2.40. The number of thiazole rings is 1. The number of anilines is 1. The van der Waals surface area contributed by atoms with Gasteiger partial charge in [0.25, 0.3) is 0 Å². The zero-order valence-corrected chi connectivity index (χ0v) is 13.8. The number of aliphatic carboxylic acids is 1. The summed E-state index contributed by atoms with van der Waals surface area (Å²) in [5.74, 6) is -1.01. The van der Waals surface area contributed by atoms with E-state index in [1.807, 2.05) is 0 Å². The fourth-order valence-corrected chi connectivity index (χ4v) is 4.11. The third kappa shape index (κ3) is 3.77. The van der Waals surface area contributed by atoms with E-state index in [0.717, 1.165) is 31.4 Å². The maximum absolute atomic E-state index is 12.1. The van der Waals surface area contributed by atoms with Crippen molar-refractivity contribution in [3.05, 3.63) is 10.6 Å². The Labute approximate surface area is 139 Å². The Bertz CT molecular complexity index is 540. The van der Waals surface area contributed by atoms with Gasteiger partial charge in [0.05, 0.1) is 12.2 Å². The van der Waals surface area contributed by atoms with Gasteiger partial charge in [-0.25, -0.2) is 4.98 Å². The minimum Gasteiger partial charge on any atom is -0.480 e. The number of halogens is 1. The van der Waals surface area contributed by atoms with E-state index in [0.29, 0.717) is 18.1 Å². The summed E-state index contributed by atoms with van der Waals surface area (Å²) >= 11 is 1.55. The van der Waals surface area contributed by atoms with Crippen LogP contribution in [0.2, 0.25) is 0 Å². The van der Waals surface area contributed by atoms with Crippen molar-refractivity contribution in [3.8, 4) is 0 Å². The number of amides is 1. The largest absolute Gasteiger partial charge is 0.480 e. The molecule has 2 aliphatic rings. The molecule has 1 aliphatic carbocycles. The molecule has 0 spiro atoms. The number of rotatable bonds is 4. The molecule has 0 aromatic carbocycles. The molecule has 1 aliphatic heterocycles. The predicted octanol–water partition coefficient (Wildman–Crippen LogP) is 1.93. The molecule has 1 saturated heterocycles. The summed E-state index contributed by atoms with van der Waals surface area (Å²) in [7, 11) is 0. The van der Waals surface area contributed by atoms with Gasteiger partial charge in [-0.05, 0) is 45.1 Å². The smallest absolute Gasteiger partial charge is 0.320 e. The number of hydrogen-bond acceptors (Lipinski definition) is 5. The molecule has 1 amide bonds. The fraction of sp³-hybridized carbons (Fsp3) is 0.643. The SMILES string of the molecule is Cl.O=C(CN1CCC[C@@H]1C(=O)O)Nc1nc2c(s1)CCCC2. The molecule has 1 aromatic heterocycles. The first-order valence-corrected chi connectivity index (χ1v) is 8.20. The van der Waals surface area contributed by atoms with Gasteiger partial charge < -0.3 is 10.4 Å². The van der Waals surface area contributed by atoms with Gasteiger partial charge in [0.15, 0.2) is 5.13 Å². The quantitative estimate of drug-likeness (QED) is 0.871. The van der Waals surface area contributed by atoms with E-state index >= 15 is 0 Å². The highest BCUT2D eigenvalue weighted by Gasteiger charge is 2.31. The molecule has 2 heterocycles. The third-order valence-electron chi connectivity index (χ3n) is 4.09. The van der Waals surface area contributed by atoms with Crippen molar-refractivity contribution in [2.45, 2.75) is 44.6 Å². The fourth-order valence-electron chi connectivity index (χ4n) is 3.04. The van der Waals surface area contributed by atoms with E-state index in [4.69, 9.17) is 5.11 Å². The average molecular weight is 346 g/mol. The van der Waals surface area contributed by atoms with Gasteiger partial charge in [0.2, 0.25) is 5.91 Å². The number of carbonyl (C=O) groups excluding carboxylic acids is 1. The summed E-state index contributed by atoms with van der Waals surface area (Å²) in [4.78, 5) is 30.6. The zero-order valence-electron chi connectivity index (χ0n) is 12.2. The van der Waals surface area contributed by atoms with E-state index < -0.39 is 12.0 Å². The molecule has 3 rings (SSSR count). The van der Waals surface area contributed by atoms with Gasteiger partial charge >= 0.3 is 5.97 Å². The monoisotopic (exact) mass is 345 g/mol. The lowest BCUT2D eigenvalue weighted by Gasteiger charge is -2.19. The van der Waals surface area contributed by atoms with Crippen LogP contribution in [0.15, 0.2) is 0 Å². The number of nitrogens with zero attached hydrogens (tertiary/aromatic N) is 2. The number of carboxylic acids is 1. The van der Waals surface area contributed by atoms with Crippen LogP contribution in [0.5, 0.6) is 0 Å². The number of aryl methyl sites for hydroxylation is 2. The standard InChI is InChI=1S/C14H19N3O3S.ClH/c18-12(8-17-7-3-5-10(17)13(19)20)16-14-15-9-4-1-2-6-11(9)21-14;/h10H,1-8H2,(H,19,20)(H,15,16,18);1H/t10-;/m1./s1. The molecule has 0 saturated carbocycles. The first-order chi connectivity index (χ1) is 10.1. The predicted molar refractivity (Wildman–Crippen MR) is 86.9 cm³/mol. The summed E-state index contributed by atoms with van der Waals surface area (Å²) in [6.07, 6.45) is 5.85. The zero-order chi connectivity index (χ0) is 14.8. The average Bonchev–Trinajstić information content (AvgIpc) is 3.03. The van der Waals surface area contributed by atoms with Crippen molar-refractivity contribution in [1.82, 2.24) is 9.88 Å². The van der Waals surface area contributed by atoms with Crippen LogP contribution in [0.4, 0.5) is 5.13 Å². The minimum absolute atomic E-state index is 0. The molecule has 22 heavy (non-hydrogen) atoms. The number of hydrogen-bond donors (Lipinski definition) is 2. The molecule has 0 radical (unpaired) electrons. The maximum Gasteiger partial charge on any atom is 0.320 e. The molecule has 2 N–H and O–H groups in total. The van der Waals surface area contributed by atoms with Crippen molar-refractivity contribution in [3.63, 3.8) is 0 Å². The molecule has 1 aromatic rings. The Morgan fingerprint density at radius 1 is 1.32 bits per heavy atom. The van der Waals surface area contributed by atoms with Crippen LogP contribution in [0.25, 0.3) is 0 Å². The summed E-state index contributed by atoms with van der Waals surface area (Å²) in [6, 6.07) is -0.528. The van der Waals surface area contributed by atoms with Crippen LogP contribution in [-0.2, 0) is 22.4 Å². The number of carboxylic acid groups (broad SMARTS) is 1. The summed E-state index contributed by atoms with van der Waals surface area (Å²) < 4.78 is 0. The van der Waals surface area contributed by atoms with Gasteiger partial charge in [-0.1, -0.05) is 0 Å². The lowest BCUT2D eigenvalue weighted by atomic mass is 10.0. The lowest BCUT2D eigenvalue weighted by molar-refractivity contribution is -0.142. The number of aromatic nitrogens is 1. The normalized spacial score (nSPS) is 21.0. The highest BCUT2D eigenvalue weighted by atomic mass is 35.5. The van der Waals surface area contributed by atoms with Crippen LogP contribution in [0, 0.1) is 0 Å². The molecular formula is C14H20ClN3O3S. The second-order valence-corrected chi connectivity index (χ2v) is 6.69. The van der Waals surface area contributed by atoms with Crippen molar-refractivity contribution < 1.29 is 14.7 Å². The Morgan fingerprint density at radius 3 is 2.82 bits per heavy atom. The highest BCUT2D eigenvalue weighted by molar-refractivity contribution is 7.15. The van der Waals surface area contributed by atoms with E-state index in [2.05, 4.69) is 10.3 Å². The molecule has 1 fully saturated rings. The Hall–Kier alpha value is -1.18. The van der Waals surface area contributed by atoms with Gasteiger partial charge in [-0.3, -0.25) is 14.5 Å². The molecule has 0 unspecified atom stereocenters. The number of carbonyl (C=O) groups is 2. The number of fused-ring (bicyclic) bond motifs is 1. The van der Waals surface area contributed by atoms with Crippen molar-refractivity contribution >= 4 is 40.8 Å². The van der Waals surface area contributed by atoms with Gasteiger partial charge in [-0.2, -0.15) is 0 Å². The van der Waals surface area contributed by atoms with E-state index in [1.54, 1.807) is 16.2 Å². The van der Waals surface area contributed by atoms with Crippen LogP contribution < -0.4 is 5.32 Å². The molecule has 1 atom stereocenters. The Kier molecular flexibility index (Phi) is 5.77. The van der Waals surface area contributed by atoms with Crippen LogP contribution in [0.3, 0.4) is 0 Å². The Balaban J connectivity index is 0.00000176. The van der Waals surface area contributed by atoms with E-state index in [9.17, 15) is 9.59 Å². The summed E-state index contributed by atoms with van der Waals surface area (Å²) in [5, 5.41) is 12.6. The Morgan fingerprint density at radius 2 is 2.09 bits per heavy atom. The van der Waals surface area contributed by atoms with Gasteiger partial charge in [0.1, 0.15) is 6.04 Å². The highest BCUT2D eigenvalue weighted by Crippen LogP contribution is 2.29. The molecule has 6 nitrogen and oxygen atoms in total. The van der Waals surface area contributed by atoms with Gasteiger partial charge in [-0.15, -0.1) is 23.7 Å². The van der Waals surface area contributed by atoms with E-state index in [-0.39, 0.29) is 24.9 Å². The van der Waals surface area contributed by atoms with Crippen molar-refractivity contribution in [2.75, 3.05) is 18.4 Å². The molecular weight excluding hydrogens is 326 g/mol. The third-order valence-corrected chi connectivity index (χ3v) is 5.16. The molecule has 122 valence electrons. The number of likely N-dealkylation sites (tertiary alicyclic amines) is 1. The second-order valence-electron chi connectivity index (χ2n) is 5.61. The van der Waals surface area contributed by atoms with Gasteiger partial charge in [0, 0.05) is 4.88 Å². The second kappa shape index (κ2) is 7.39. The van der Waals surface area contributed by atoms with E-state index in [1.165, 1.54) is 11.3 Å². The maximum atomic E-state index is 12.1. The van der Waals surface area contributed by atoms with Crippen molar-refractivity contribution in [1.29, 1.82) is 0 Å². The molecule has 8 heteroatoms. The first kappa shape index (κ1) is 17.2. The van der Waals surface area contributed by atoms with Crippen LogP contribution in [0.1, 0.15) is 36.3 Å². The first-order valence-electron chi connectivity index (χ1n) is 7.39. The number of nitrogens with one attached hydrogen (secondary N) is 1. The summed E-state index contributed by atoms with van der Waals surface area (Å²) in [5.41, 5.74) is 1.12. The van der Waals surface area contributed by atoms with Crippen molar-refractivity contribution in [2.24, 2.45) is 0 Å². The van der Waals surface area contributed by atoms with Crippen LogP contribution in [-0.4, -0.2) is 46.0 Å². The topological polar surface area (TPSA) is 82.5 Å². The van der Waals surface area contributed by atoms with Crippen LogP contribution >= 0.6 is 23.7 Å². The molecule has 0 bridgehead atoms. The summed E-state index contributed by atoms with van der Waals surface area (Å²) in [6.45, 7) is 0.792. The minimum atomic E-state index is -0.843.